The molecule has 0 aliphatic carbocycles. The second-order valence-electron chi connectivity index (χ2n) is 17.2. The molecule has 398 valence electrons. The van der Waals surface area contributed by atoms with Crippen molar-refractivity contribution in [2.24, 2.45) is 5.41 Å². The minimum absolute atomic E-state index is 0.0290. The SMILES string of the molecule is CCCCCC[C@@H](O)C/C=C\CCCCCCC/C=C/C(=O)SCCNC(=O)CCNC(=O)[C@H](O)C(C)(C)COP(=O)(O)OP(=O)(O)OC[C@H]1O[C@@H](n2cnc3c(N)ncnc32)[C@H](O)[C@@H]1OP(=O)(O)O. The van der Waals surface area contributed by atoms with Crippen molar-refractivity contribution in [3.05, 3.63) is 37.0 Å². The van der Waals surface area contributed by atoms with Gasteiger partial charge in [0.2, 0.25) is 16.9 Å². The molecule has 3 rings (SSSR count). The summed E-state index contributed by atoms with van der Waals surface area (Å²) in [6, 6.07) is 0. The van der Waals surface area contributed by atoms with Crippen LogP contribution in [0, 0.1) is 5.41 Å². The molecule has 11 N–H and O–H groups in total. The predicted molar refractivity (Wildman–Crippen MR) is 257 cm³/mol. The summed E-state index contributed by atoms with van der Waals surface area (Å²) in [6.45, 7) is 2.64. The zero-order valence-corrected chi connectivity index (χ0v) is 43.1. The van der Waals surface area contributed by atoms with E-state index in [2.05, 4.69) is 53.5 Å². The molecule has 2 amide bonds. The summed E-state index contributed by atoms with van der Waals surface area (Å²) >= 11 is 1.05. The first-order chi connectivity index (χ1) is 32.9. The van der Waals surface area contributed by atoms with Crippen LogP contribution in [0.3, 0.4) is 0 Å². The topological polar surface area (TPSA) is 384 Å². The fraction of sp³-hybridized carbons (Fsp3) is 0.707. The molecule has 1 fully saturated rings. The van der Waals surface area contributed by atoms with Gasteiger partial charge in [0.05, 0.1) is 25.6 Å². The second kappa shape index (κ2) is 30.3. The lowest BCUT2D eigenvalue weighted by molar-refractivity contribution is -0.137. The zero-order valence-electron chi connectivity index (χ0n) is 39.6. The number of phosphoric ester groups is 3. The molecule has 2 aromatic heterocycles. The Morgan fingerprint density at radius 1 is 0.914 bits per heavy atom. The fourth-order valence-electron chi connectivity index (χ4n) is 6.86. The Labute approximate surface area is 411 Å². The van der Waals surface area contributed by atoms with E-state index in [0.717, 1.165) is 93.2 Å². The van der Waals surface area contributed by atoms with Crippen LogP contribution in [0.2, 0.25) is 0 Å². The number of rotatable bonds is 35. The Morgan fingerprint density at radius 2 is 1.59 bits per heavy atom. The maximum atomic E-state index is 12.7. The molecule has 29 heteroatoms. The predicted octanol–water partition coefficient (Wildman–Crippen LogP) is 4.23. The number of allylic oxidation sites excluding steroid dienone is 2. The Morgan fingerprint density at radius 3 is 2.29 bits per heavy atom. The molecule has 1 saturated heterocycles. The summed E-state index contributed by atoms with van der Waals surface area (Å²) in [5, 5.41) is 36.5. The van der Waals surface area contributed by atoms with E-state index < -0.39 is 84.6 Å². The molecule has 0 radical (unpaired) electrons. The molecule has 3 heterocycles. The van der Waals surface area contributed by atoms with Crippen molar-refractivity contribution in [1.29, 1.82) is 0 Å². The van der Waals surface area contributed by atoms with E-state index in [1.807, 2.05) is 6.08 Å². The number of nitrogen functional groups attached to an aromatic ring is 1. The van der Waals surface area contributed by atoms with Gasteiger partial charge in [-0.15, -0.1) is 0 Å². The molecule has 0 saturated carbocycles. The summed E-state index contributed by atoms with van der Waals surface area (Å²) < 4.78 is 62.4. The zero-order chi connectivity index (χ0) is 52.0. The van der Waals surface area contributed by atoms with Crippen molar-refractivity contribution >= 4 is 69.1 Å². The lowest BCUT2D eigenvalue weighted by Crippen LogP contribution is -2.46. The van der Waals surface area contributed by atoms with Gasteiger partial charge >= 0.3 is 23.5 Å². The number of ether oxygens (including phenoxy) is 1. The Bertz CT molecular complexity index is 2160. The highest BCUT2D eigenvalue weighted by Crippen LogP contribution is 2.61. The highest BCUT2D eigenvalue weighted by Gasteiger charge is 2.50. The summed E-state index contributed by atoms with van der Waals surface area (Å²) in [5.74, 6) is -1.14. The minimum Gasteiger partial charge on any atom is -0.393 e. The number of carbonyl (C=O) groups is 3. The standard InChI is InChI=1S/C41H70N7O18P3S/c1-4-5-6-15-18-29(49)19-16-13-11-9-7-8-10-12-14-17-20-32(51)70-24-23-43-31(50)21-22-44-39(54)36(53)41(2,3)26-63-69(60,61)66-68(58,59)62-25-30-35(65-67(55,56)57)34(52)40(64-30)48-28-47-33-37(42)45-27-46-38(33)48/h13,16-17,20,27-30,34-36,40,49,52-53H,4-12,14-15,18-19,21-26H2,1-3H3,(H,43,50)(H,44,54)(H,58,59)(H,60,61)(H2,42,45,46)(H2,55,56,57)/b16-13-,20-17+/t29-,30-,34-,35-,36+,40-/m1/s1. The van der Waals surface area contributed by atoms with Crippen LogP contribution in [-0.4, -0.2) is 134 Å². The molecule has 25 nitrogen and oxygen atoms in total. The van der Waals surface area contributed by atoms with Crippen LogP contribution in [0.5, 0.6) is 0 Å². The average Bonchev–Trinajstić information content (AvgIpc) is 3.85. The van der Waals surface area contributed by atoms with Crippen molar-refractivity contribution in [2.75, 3.05) is 37.8 Å². The quantitative estimate of drug-likeness (QED) is 0.0200. The largest absolute Gasteiger partial charge is 0.481 e. The number of aliphatic hydroxyl groups excluding tert-OH is 3. The van der Waals surface area contributed by atoms with Gasteiger partial charge in [0.25, 0.3) is 0 Å². The van der Waals surface area contributed by atoms with E-state index in [0.29, 0.717) is 5.75 Å². The molecule has 0 spiro atoms. The molecule has 1 aliphatic heterocycles. The van der Waals surface area contributed by atoms with Crippen LogP contribution in [0.15, 0.2) is 37.0 Å². The number of carbonyl (C=O) groups excluding carboxylic acids is 3. The number of nitrogens with zero attached hydrogens (tertiary/aromatic N) is 4. The van der Waals surface area contributed by atoms with Crippen LogP contribution in [0.25, 0.3) is 11.2 Å². The van der Waals surface area contributed by atoms with Crippen molar-refractivity contribution in [3.63, 3.8) is 0 Å². The number of hydrogen-bond acceptors (Lipinski definition) is 19. The summed E-state index contributed by atoms with van der Waals surface area (Å²) in [6.07, 6.45) is 13.9. The number of aromatic nitrogens is 4. The number of unbranched alkanes of at least 4 members (excludes halogenated alkanes) is 9. The third-order valence-electron chi connectivity index (χ3n) is 10.7. The highest BCUT2D eigenvalue weighted by molar-refractivity contribution is 8.14. The van der Waals surface area contributed by atoms with Gasteiger partial charge in [0, 0.05) is 30.7 Å². The third kappa shape index (κ3) is 22.8. The van der Waals surface area contributed by atoms with Crippen molar-refractivity contribution in [2.45, 2.75) is 147 Å². The Hall–Kier alpha value is -3.00. The van der Waals surface area contributed by atoms with Crippen LogP contribution in [-0.2, 0) is 50.7 Å². The number of amides is 2. The lowest BCUT2D eigenvalue weighted by Gasteiger charge is -2.30. The molecule has 0 bridgehead atoms. The maximum Gasteiger partial charge on any atom is 0.481 e. The van der Waals surface area contributed by atoms with Crippen LogP contribution in [0.1, 0.15) is 117 Å². The first-order valence-corrected chi connectivity index (χ1v) is 28.5. The summed E-state index contributed by atoms with van der Waals surface area (Å²) in [7, 11) is -16.4. The molecule has 70 heavy (non-hydrogen) atoms. The number of phosphoric acid groups is 3. The number of aliphatic hydroxyl groups is 3. The van der Waals surface area contributed by atoms with Crippen molar-refractivity contribution < 1.29 is 85.6 Å². The molecular formula is C41H70N7O18P3S. The van der Waals surface area contributed by atoms with E-state index in [4.69, 9.17) is 19.5 Å². The summed E-state index contributed by atoms with van der Waals surface area (Å²) in [4.78, 5) is 88.3. The highest BCUT2D eigenvalue weighted by atomic mass is 32.2. The number of fused-ring (bicyclic) bond motifs is 1. The minimum atomic E-state index is -5.58. The number of thioether (sulfide) groups is 1. The smallest absolute Gasteiger partial charge is 0.393 e. The molecule has 2 unspecified atom stereocenters. The normalized spacial score (nSPS) is 20.4. The molecule has 2 aromatic rings. The number of nitrogens with one attached hydrogen (secondary N) is 2. The number of anilines is 1. The van der Waals surface area contributed by atoms with Gasteiger partial charge < -0.3 is 56.0 Å². The van der Waals surface area contributed by atoms with Crippen LogP contribution in [0.4, 0.5) is 5.82 Å². The summed E-state index contributed by atoms with van der Waals surface area (Å²) in [5.41, 5.74) is 4.27. The van der Waals surface area contributed by atoms with Gasteiger partial charge in [-0.3, -0.25) is 32.5 Å². The number of imidazole rings is 1. The van der Waals surface area contributed by atoms with E-state index >= 15 is 0 Å². The average molecular weight is 1070 g/mol. The number of hydrogen-bond donors (Lipinski definition) is 10. The monoisotopic (exact) mass is 1070 g/mol. The second-order valence-corrected chi connectivity index (χ2v) is 22.5. The van der Waals surface area contributed by atoms with Crippen LogP contribution >= 0.6 is 35.2 Å². The lowest BCUT2D eigenvalue weighted by atomic mass is 9.87. The van der Waals surface area contributed by atoms with E-state index in [1.54, 1.807) is 0 Å². The molecule has 0 aromatic carbocycles. The van der Waals surface area contributed by atoms with Gasteiger partial charge in [0.1, 0.15) is 36.3 Å². The van der Waals surface area contributed by atoms with Gasteiger partial charge in [-0.2, -0.15) is 4.31 Å². The van der Waals surface area contributed by atoms with Gasteiger partial charge in [0.15, 0.2) is 17.7 Å². The van der Waals surface area contributed by atoms with E-state index in [9.17, 15) is 63.0 Å². The first-order valence-electron chi connectivity index (χ1n) is 23.0. The molecular weight excluding hydrogens is 1000 g/mol. The third-order valence-corrected chi connectivity index (χ3v) is 14.6. The van der Waals surface area contributed by atoms with Crippen LogP contribution < -0.4 is 16.4 Å². The van der Waals surface area contributed by atoms with Gasteiger partial charge in [-0.25, -0.2) is 28.6 Å². The Kier molecular flexibility index (Phi) is 26.5. The van der Waals surface area contributed by atoms with Gasteiger partial charge in [-0.1, -0.05) is 95.7 Å². The number of nitrogens with two attached hydrogens (primary N) is 1. The Balaban J connectivity index is 1.29. The maximum absolute atomic E-state index is 12.7. The van der Waals surface area contributed by atoms with E-state index in [1.165, 1.54) is 39.2 Å². The van der Waals surface area contributed by atoms with Crippen molar-refractivity contribution in [1.82, 2.24) is 30.2 Å². The van der Waals surface area contributed by atoms with Crippen molar-refractivity contribution in [3.8, 4) is 0 Å². The van der Waals surface area contributed by atoms with Gasteiger partial charge in [-0.05, 0) is 44.6 Å². The first kappa shape index (κ1) is 61.3. The van der Waals surface area contributed by atoms with E-state index in [-0.39, 0.29) is 47.7 Å². The molecule has 1 aliphatic rings. The molecule has 8 atom stereocenters. The fourth-order valence-corrected chi connectivity index (χ4v) is 10.3.